The molecule has 8 heteroatoms. The third-order valence-corrected chi connectivity index (χ3v) is 6.90. The third kappa shape index (κ3) is 9.02. The lowest BCUT2D eigenvalue weighted by molar-refractivity contribution is -0.141. The Morgan fingerprint density at radius 2 is 1.71 bits per heavy atom. The average Bonchev–Trinajstić information content (AvgIpc) is 2.80. The van der Waals surface area contributed by atoms with E-state index >= 15 is 0 Å². The molecule has 192 valence electrons. The second-order valence-electron chi connectivity index (χ2n) is 9.35. The summed E-state index contributed by atoms with van der Waals surface area (Å²) in [6, 6.07) is 16.3. The molecule has 2 aromatic carbocycles. The minimum atomic E-state index is -3.51. The predicted molar refractivity (Wildman–Crippen MR) is 142 cm³/mol. The van der Waals surface area contributed by atoms with E-state index < -0.39 is 16.1 Å². The Hall–Kier alpha value is -2.87. The number of benzene rings is 2. The van der Waals surface area contributed by atoms with E-state index in [4.69, 9.17) is 0 Å². The quantitative estimate of drug-likeness (QED) is 0.447. The van der Waals surface area contributed by atoms with Crippen LogP contribution >= 0.6 is 0 Å². The highest BCUT2D eigenvalue weighted by molar-refractivity contribution is 7.92. The summed E-state index contributed by atoms with van der Waals surface area (Å²) >= 11 is 0. The van der Waals surface area contributed by atoms with Gasteiger partial charge in [-0.05, 0) is 48.9 Å². The lowest BCUT2D eigenvalue weighted by Crippen LogP contribution is -2.49. The SMILES string of the molecule is CC[C@@H](C(=O)NCC(C)C)N(Cc1ccccc1)C(=O)CCCN(c1cccc(C)c1)S(C)(=O)=O. The van der Waals surface area contributed by atoms with Crippen LogP contribution in [0.15, 0.2) is 54.6 Å². The molecular formula is C27H39N3O4S. The van der Waals surface area contributed by atoms with Gasteiger partial charge in [0.1, 0.15) is 6.04 Å². The molecule has 7 nitrogen and oxygen atoms in total. The summed E-state index contributed by atoms with van der Waals surface area (Å²) in [5, 5.41) is 2.95. The number of hydrogen-bond donors (Lipinski definition) is 1. The molecule has 0 unspecified atom stereocenters. The first-order valence-electron chi connectivity index (χ1n) is 12.2. The lowest BCUT2D eigenvalue weighted by Gasteiger charge is -2.31. The van der Waals surface area contributed by atoms with Crippen molar-refractivity contribution in [1.29, 1.82) is 0 Å². The second kappa shape index (κ2) is 13.3. The monoisotopic (exact) mass is 501 g/mol. The van der Waals surface area contributed by atoms with E-state index in [2.05, 4.69) is 5.32 Å². The molecule has 0 fully saturated rings. The van der Waals surface area contributed by atoms with Gasteiger partial charge in [0, 0.05) is 26.1 Å². The van der Waals surface area contributed by atoms with Gasteiger partial charge < -0.3 is 10.2 Å². The molecule has 0 heterocycles. The smallest absolute Gasteiger partial charge is 0.242 e. The number of nitrogens with zero attached hydrogens (tertiary/aromatic N) is 2. The summed E-state index contributed by atoms with van der Waals surface area (Å²) in [6.07, 6.45) is 2.14. The number of nitrogens with one attached hydrogen (secondary N) is 1. The number of amides is 2. The van der Waals surface area contributed by atoms with Gasteiger partial charge >= 0.3 is 0 Å². The largest absolute Gasteiger partial charge is 0.354 e. The van der Waals surface area contributed by atoms with E-state index in [0.717, 1.165) is 11.1 Å². The molecule has 35 heavy (non-hydrogen) atoms. The maximum absolute atomic E-state index is 13.4. The molecule has 1 atom stereocenters. The molecule has 2 amide bonds. The number of carbonyl (C=O) groups excluding carboxylic acids is 2. The number of sulfonamides is 1. The van der Waals surface area contributed by atoms with Gasteiger partial charge in [-0.25, -0.2) is 8.42 Å². The van der Waals surface area contributed by atoms with Gasteiger partial charge in [-0.15, -0.1) is 0 Å². The third-order valence-electron chi connectivity index (χ3n) is 5.71. The molecule has 0 aliphatic heterocycles. The maximum atomic E-state index is 13.4. The highest BCUT2D eigenvalue weighted by Crippen LogP contribution is 2.20. The average molecular weight is 502 g/mol. The number of hydrogen-bond acceptors (Lipinski definition) is 4. The molecule has 2 aromatic rings. The number of aryl methyl sites for hydroxylation is 1. The van der Waals surface area contributed by atoms with Gasteiger partial charge in [0.25, 0.3) is 0 Å². The summed E-state index contributed by atoms with van der Waals surface area (Å²) in [6.45, 7) is 8.90. The second-order valence-corrected chi connectivity index (χ2v) is 11.3. The molecule has 0 aliphatic carbocycles. The van der Waals surface area contributed by atoms with Crippen molar-refractivity contribution in [3.05, 3.63) is 65.7 Å². The summed E-state index contributed by atoms with van der Waals surface area (Å²) < 4.78 is 26.2. The van der Waals surface area contributed by atoms with Crippen LogP contribution in [-0.2, 0) is 26.2 Å². The van der Waals surface area contributed by atoms with Crippen molar-refractivity contribution in [3.63, 3.8) is 0 Å². The van der Waals surface area contributed by atoms with Crippen LogP contribution in [0.3, 0.4) is 0 Å². The van der Waals surface area contributed by atoms with Crippen LogP contribution in [0.2, 0.25) is 0 Å². The molecular weight excluding hydrogens is 462 g/mol. The van der Waals surface area contributed by atoms with Crippen molar-refractivity contribution in [3.8, 4) is 0 Å². The van der Waals surface area contributed by atoms with Gasteiger partial charge in [0.15, 0.2) is 0 Å². The standard InChI is InChI=1S/C27H39N3O4S/c1-6-25(27(32)28-19-21(2)3)29(20-23-13-8-7-9-14-23)26(31)16-11-17-30(35(5,33)34)24-15-10-12-22(4)18-24/h7-10,12-15,18,21,25H,6,11,16-17,19-20H2,1-5H3,(H,28,32)/t25-/m0/s1. The zero-order chi connectivity index (χ0) is 26.0. The molecule has 0 radical (unpaired) electrons. The summed E-state index contributed by atoms with van der Waals surface area (Å²) in [5.41, 5.74) is 2.48. The Kier molecular flexibility index (Phi) is 10.8. The van der Waals surface area contributed by atoms with Crippen molar-refractivity contribution < 1.29 is 18.0 Å². The van der Waals surface area contributed by atoms with E-state index in [1.165, 1.54) is 10.6 Å². The predicted octanol–water partition coefficient (Wildman–Crippen LogP) is 4.12. The summed E-state index contributed by atoms with van der Waals surface area (Å²) in [5.74, 6) is -0.0283. The first-order chi connectivity index (χ1) is 16.5. The molecule has 0 bridgehead atoms. The minimum Gasteiger partial charge on any atom is -0.354 e. The van der Waals surface area contributed by atoms with Crippen LogP contribution in [0.1, 0.15) is 51.2 Å². The Morgan fingerprint density at radius 1 is 1.03 bits per heavy atom. The Morgan fingerprint density at radius 3 is 2.29 bits per heavy atom. The van der Waals surface area contributed by atoms with Crippen molar-refractivity contribution in [1.82, 2.24) is 10.2 Å². The molecule has 0 aliphatic rings. The Labute approximate surface area is 210 Å². The van der Waals surface area contributed by atoms with Crippen LogP contribution in [0.5, 0.6) is 0 Å². The van der Waals surface area contributed by atoms with Crippen LogP contribution in [0.25, 0.3) is 0 Å². The zero-order valence-electron chi connectivity index (χ0n) is 21.5. The van der Waals surface area contributed by atoms with Gasteiger partial charge in [-0.1, -0.05) is 63.2 Å². The zero-order valence-corrected chi connectivity index (χ0v) is 22.3. The maximum Gasteiger partial charge on any atom is 0.242 e. The highest BCUT2D eigenvalue weighted by atomic mass is 32.2. The van der Waals surface area contributed by atoms with Gasteiger partial charge in [-0.3, -0.25) is 13.9 Å². The first kappa shape index (κ1) is 28.4. The van der Waals surface area contributed by atoms with E-state index in [9.17, 15) is 18.0 Å². The fraction of sp³-hybridized carbons (Fsp3) is 0.481. The molecule has 0 spiro atoms. The summed E-state index contributed by atoms with van der Waals surface area (Å²) in [7, 11) is -3.51. The topological polar surface area (TPSA) is 86.8 Å². The van der Waals surface area contributed by atoms with Crippen LogP contribution in [0, 0.1) is 12.8 Å². The Balaban J connectivity index is 2.18. The lowest BCUT2D eigenvalue weighted by atomic mass is 10.1. The molecule has 1 N–H and O–H groups in total. The number of carbonyl (C=O) groups is 2. The van der Waals surface area contributed by atoms with E-state index in [0.29, 0.717) is 37.5 Å². The summed E-state index contributed by atoms with van der Waals surface area (Å²) in [4.78, 5) is 28.0. The van der Waals surface area contributed by atoms with Gasteiger partial charge in [-0.2, -0.15) is 0 Å². The Bertz CT molecular complexity index is 1070. The normalized spacial score (nSPS) is 12.3. The van der Waals surface area contributed by atoms with Crippen molar-refractivity contribution >= 4 is 27.5 Å². The van der Waals surface area contributed by atoms with E-state index in [-0.39, 0.29) is 24.8 Å². The van der Waals surface area contributed by atoms with Gasteiger partial charge in [0.05, 0.1) is 11.9 Å². The minimum absolute atomic E-state index is 0.138. The number of anilines is 1. The first-order valence-corrected chi connectivity index (χ1v) is 14.0. The van der Waals surface area contributed by atoms with Crippen molar-refractivity contribution in [2.75, 3.05) is 23.7 Å². The molecule has 0 saturated carbocycles. The number of rotatable bonds is 13. The van der Waals surface area contributed by atoms with Crippen LogP contribution in [0.4, 0.5) is 5.69 Å². The van der Waals surface area contributed by atoms with E-state index in [1.807, 2.05) is 76.2 Å². The van der Waals surface area contributed by atoms with Crippen LogP contribution in [-0.4, -0.2) is 50.5 Å². The fourth-order valence-electron chi connectivity index (χ4n) is 3.91. The molecule has 0 aromatic heterocycles. The highest BCUT2D eigenvalue weighted by Gasteiger charge is 2.28. The van der Waals surface area contributed by atoms with E-state index in [1.54, 1.807) is 11.0 Å². The van der Waals surface area contributed by atoms with Crippen LogP contribution < -0.4 is 9.62 Å². The molecule has 2 rings (SSSR count). The van der Waals surface area contributed by atoms with Gasteiger partial charge in [0.2, 0.25) is 21.8 Å². The van der Waals surface area contributed by atoms with Crippen molar-refractivity contribution in [2.45, 2.75) is 59.5 Å². The van der Waals surface area contributed by atoms with Crippen molar-refractivity contribution in [2.24, 2.45) is 5.92 Å². The fourth-order valence-corrected chi connectivity index (χ4v) is 4.87. The molecule has 0 saturated heterocycles.